The largest absolute Gasteiger partial charge is 0.282 e. The van der Waals surface area contributed by atoms with E-state index in [4.69, 9.17) is 0 Å². The van der Waals surface area contributed by atoms with Crippen LogP contribution >= 0.6 is 58.4 Å². The van der Waals surface area contributed by atoms with Crippen molar-refractivity contribution in [2.45, 2.75) is 27.8 Å². The van der Waals surface area contributed by atoms with E-state index in [2.05, 4.69) is 49.7 Å². The van der Waals surface area contributed by atoms with Gasteiger partial charge in [0, 0.05) is 21.6 Å². The summed E-state index contributed by atoms with van der Waals surface area (Å²) in [6.45, 7) is 7.96. The Hall–Kier alpha value is 0.510. The SMILES string of the molecule is C=CC(=O)SC(C)CSC1CSC(C)(c2cccs2)S1. The molecule has 1 aromatic heterocycles. The lowest BCUT2D eigenvalue weighted by atomic mass is 10.4. The minimum Gasteiger partial charge on any atom is -0.282 e. The number of rotatable bonds is 6. The van der Waals surface area contributed by atoms with E-state index in [-0.39, 0.29) is 9.19 Å². The summed E-state index contributed by atoms with van der Waals surface area (Å²) < 4.78 is 0.827. The van der Waals surface area contributed by atoms with Crippen LogP contribution in [0, 0.1) is 0 Å². The standard InChI is InChI=1S/C14H18OS5/c1-4-12(15)19-10(2)8-17-13-9-18-14(3,20-13)11-6-5-7-16-11/h4-7,10,13H,1,8-9H2,2-3H3. The summed E-state index contributed by atoms with van der Waals surface area (Å²) in [6, 6.07) is 4.37. The zero-order valence-corrected chi connectivity index (χ0v) is 15.6. The van der Waals surface area contributed by atoms with Gasteiger partial charge in [-0.1, -0.05) is 31.3 Å². The van der Waals surface area contributed by atoms with Crippen molar-refractivity contribution in [3.05, 3.63) is 35.0 Å². The summed E-state index contributed by atoms with van der Waals surface area (Å²) >= 11 is 9.32. The molecule has 1 aliphatic rings. The monoisotopic (exact) mass is 362 g/mol. The minimum atomic E-state index is 0.0787. The zero-order valence-electron chi connectivity index (χ0n) is 11.5. The maximum absolute atomic E-state index is 11.3. The third-order valence-electron chi connectivity index (χ3n) is 2.82. The zero-order chi connectivity index (χ0) is 14.6. The summed E-state index contributed by atoms with van der Waals surface area (Å²) in [4.78, 5) is 12.8. The molecule has 1 aromatic rings. The third kappa shape index (κ3) is 4.50. The molecule has 6 heteroatoms. The average molecular weight is 363 g/mol. The van der Waals surface area contributed by atoms with Crippen LogP contribution in [0.15, 0.2) is 30.2 Å². The first-order valence-corrected chi connectivity index (χ1v) is 11.0. The van der Waals surface area contributed by atoms with Gasteiger partial charge in [-0.15, -0.1) is 46.6 Å². The van der Waals surface area contributed by atoms with E-state index in [1.165, 1.54) is 28.5 Å². The average Bonchev–Trinajstić information content (AvgIpc) is 3.06. The highest BCUT2D eigenvalue weighted by Crippen LogP contribution is 2.58. The molecule has 0 aromatic carbocycles. The highest BCUT2D eigenvalue weighted by atomic mass is 32.2. The van der Waals surface area contributed by atoms with Crippen molar-refractivity contribution in [1.29, 1.82) is 0 Å². The number of carbonyl (C=O) groups excluding carboxylic acids is 1. The minimum absolute atomic E-state index is 0.0787. The van der Waals surface area contributed by atoms with E-state index in [1.807, 2.05) is 34.9 Å². The van der Waals surface area contributed by atoms with Gasteiger partial charge in [0.1, 0.15) is 0 Å². The molecule has 0 saturated carbocycles. The molecule has 0 N–H and O–H groups in total. The smallest absolute Gasteiger partial charge is 0.211 e. The molecule has 3 atom stereocenters. The molecule has 20 heavy (non-hydrogen) atoms. The fourth-order valence-electron chi connectivity index (χ4n) is 1.82. The topological polar surface area (TPSA) is 17.1 Å². The molecule has 3 unspecified atom stereocenters. The van der Waals surface area contributed by atoms with Crippen molar-refractivity contribution in [3.8, 4) is 0 Å². The summed E-state index contributed by atoms with van der Waals surface area (Å²) in [6.07, 6.45) is 1.40. The first-order valence-electron chi connectivity index (χ1n) is 6.34. The Morgan fingerprint density at radius 1 is 1.70 bits per heavy atom. The van der Waals surface area contributed by atoms with Crippen LogP contribution in [0.3, 0.4) is 0 Å². The lowest BCUT2D eigenvalue weighted by Gasteiger charge is -2.21. The second-order valence-corrected chi connectivity index (χ2v) is 11.8. The molecular formula is C14H18OS5. The summed E-state index contributed by atoms with van der Waals surface area (Å²) in [5, 5.41) is 2.58. The van der Waals surface area contributed by atoms with E-state index in [0.717, 1.165) is 5.75 Å². The molecule has 2 heterocycles. The van der Waals surface area contributed by atoms with Crippen molar-refractivity contribution in [2.75, 3.05) is 11.5 Å². The molecule has 0 bridgehead atoms. The van der Waals surface area contributed by atoms with Crippen LogP contribution in [0.4, 0.5) is 0 Å². The molecule has 0 amide bonds. The fourth-order valence-corrected chi connectivity index (χ4v) is 9.10. The summed E-state index contributed by atoms with van der Waals surface area (Å²) in [5.74, 6) is 2.19. The van der Waals surface area contributed by atoms with Crippen LogP contribution < -0.4 is 0 Å². The predicted molar refractivity (Wildman–Crippen MR) is 100 cm³/mol. The molecule has 1 fully saturated rings. The van der Waals surface area contributed by atoms with Crippen LogP contribution in [0.1, 0.15) is 18.7 Å². The number of thioether (sulfide) groups is 4. The van der Waals surface area contributed by atoms with Crippen molar-refractivity contribution < 1.29 is 4.79 Å². The summed E-state index contributed by atoms with van der Waals surface area (Å²) in [5.41, 5.74) is 0. The molecule has 0 aliphatic carbocycles. The quantitative estimate of drug-likeness (QED) is 0.637. The van der Waals surface area contributed by atoms with Gasteiger partial charge in [-0.2, -0.15) is 0 Å². The predicted octanol–water partition coefficient (Wildman–Crippen LogP) is 5.29. The number of hydrogen-bond donors (Lipinski definition) is 0. The van der Waals surface area contributed by atoms with Gasteiger partial charge in [0.05, 0.1) is 8.66 Å². The molecule has 0 radical (unpaired) electrons. The fraction of sp³-hybridized carbons (Fsp3) is 0.500. The highest BCUT2D eigenvalue weighted by molar-refractivity contribution is 8.28. The Kier molecular flexibility index (Phi) is 6.48. The van der Waals surface area contributed by atoms with Crippen molar-refractivity contribution in [3.63, 3.8) is 0 Å². The molecule has 110 valence electrons. The number of carbonyl (C=O) groups is 1. The van der Waals surface area contributed by atoms with Crippen LogP contribution in [-0.2, 0) is 8.87 Å². The van der Waals surface area contributed by atoms with E-state index in [1.54, 1.807) is 0 Å². The normalized spacial score (nSPS) is 27.4. The number of thiophene rings is 1. The highest BCUT2D eigenvalue weighted by Gasteiger charge is 2.39. The lowest BCUT2D eigenvalue weighted by Crippen LogP contribution is -2.09. The Morgan fingerprint density at radius 2 is 2.50 bits per heavy atom. The molecule has 0 spiro atoms. The van der Waals surface area contributed by atoms with Gasteiger partial charge < -0.3 is 0 Å². The van der Waals surface area contributed by atoms with E-state index in [0.29, 0.717) is 9.83 Å². The lowest BCUT2D eigenvalue weighted by molar-refractivity contribution is -0.107. The maximum Gasteiger partial charge on any atom is 0.211 e. The van der Waals surface area contributed by atoms with Gasteiger partial charge in [-0.05, 0) is 24.4 Å². The second kappa shape index (κ2) is 7.68. The van der Waals surface area contributed by atoms with E-state index in [9.17, 15) is 4.79 Å². The van der Waals surface area contributed by atoms with Gasteiger partial charge in [0.25, 0.3) is 0 Å². The van der Waals surface area contributed by atoms with Gasteiger partial charge in [0.2, 0.25) is 5.12 Å². The van der Waals surface area contributed by atoms with Crippen molar-refractivity contribution in [1.82, 2.24) is 0 Å². The first-order chi connectivity index (χ1) is 9.53. The van der Waals surface area contributed by atoms with Gasteiger partial charge >= 0.3 is 0 Å². The molecule has 1 saturated heterocycles. The van der Waals surface area contributed by atoms with E-state index < -0.39 is 0 Å². The Labute approximate surface area is 142 Å². The number of hydrogen-bond acceptors (Lipinski definition) is 6. The van der Waals surface area contributed by atoms with Crippen molar-refractivity contribution in [2.24, 2.45) is 0 Å². The first kappa shape index (κ1) is 16.9. The van der Waals surface area contributed by atoms with E-state index >= 15 is 0 Å². The van der Waals surface area contributed by atoms with Gasteiger partial charge in [-0.25, -0.2) is 0 Å². The third-order valence-corrected chi connectivity index (χ3v) is 10.7. The van der Waals surface area contributed by atoms with Crippen LogP contribution in [-0.4, -0.2) is 26.5 Å². The van der Waals surface area contributed by atoms with Crippen LogP contribution in [0.25, 0.3) is 0 Å². The molecule has 1 aliphatic heterocycles. The maximum atomic E-state index is 11.3. The Bertz CT molecular complexity index is 458. The molecular weight excluding hydrogens is 344 g/mol. The van der Waals surface area contributed by atoms with Crippen LogP contribution in [0.5, 0.6) is 0 Å². The Balaban J connectivity index is 1.79. The summed E-state index contributed by atoms with van der Waals surface area (Å²) in [7, 11) is 0. The van der Waals surface area contributed by atoms with Crippen LogP contribution in [0.2, 0.25) is 0 Å². The molecule has 2 rings (SSSR count). The second-order valence-electron chi connectivity index (χ2n) is 4.57. The Morgan fingerprint density at radius 3 is 3.15 bits per heavy atom. The van der Waals surface area contributed by atoms with Gasteiger partial charge in [-0.3, -0.25) is 4.79 Å². The van der Waals surface area contributed by atoms with Crippen molar-refractivity contribution >= 4 is 63.5 Å². The molecule has 1 nitrogen and oxygen atoms in total. The van der Waals surface area contributed by atoms with Gasteiger partial charge in [0.15, 0.2) is 0 Å².